The molecule has 0 radical (unpaired) electrons. The van der Waals surface area contributed by atoms with Gasteiger partial charge in [0.25, 0.3) is 17.7 Å². The molecule has 1 saturated heterocycles. The summed E-state index contributed by atoms with van der Waals surface area (Å²) in [6, 6.07) is 4.34. The van der Waals surface area contributed by atoms with Crippen molar-refractivity contribution in [3.63, 3.8) is 0 Å². The van der Waals surface area contributed by atoms with E-state index in [2.05, 4.69) is 13.8 Å². The molecule has 1 aromatic rings. The third-order valence-electron chi connectivity index (χ3n) is 5.68. The van der Waals surface area contributed by atoms with Gasteiger partial charge in [0.1, 0.15) is 0 Å². The molecule has 1 aromatic carbocycles. The van der Waals surface area contributed by atoms with Crippen LogP contribution in [0.3, 0.4) is 0 Å². The van der Waals surface area contributed by atoms with Crippen molar-refractivity contribution in [3.8, 4) is 0 Å². The third kappa shape index (κ3) is 4.71. The SMILES string of the molecule is CC(C)CCN1C(=O)c2ccc(C(=O)OCC(=O)N3C[C@H](C)C[C@H](C)C3)cc2C1=O. The Morgan fingerprint density at radius 1 is 1.07 bits per heavy atom. The first-order valence-electron chi connectivity index (χ1n) is 10.6. The van der Waals surface area contributed by atoms with Crippen LogP contribution in [-0.4, -0.2) is 59.7 Å². The number of likely N-dealkylation sites (tertiary alicyclic amines) is 1. The lowest BCUT2D eigenvalue weighted by Crippen LogP contribution is -2.44. The summed E-state index contributed by atoms with van der Waals surface area (Å²) in [5.74, 6) is -0.404. The predicted octanol–water partition coefficient (Wildman–Crippen LogP) is 2.99. The van der Waals surface area contributed by atoms with Crippen LogP contribution >= 0.6 is 0 Å². The first-order chi connectivity index (χ1) is 14.2. The maximum atomic E-state index is 12.6. The number of carbonyl (C=O) groups is 4. The van der Waals surface area contributed by atoms with Crippen LogP contribution in [0.25, 0.3) is 0 Å². The van der Waals surface area contributed by atoms with Crippen LogP contribution in [0.4, 0.5) is 0 Å². The molecule has 0 bridgehead atoms. The van der Waals surface area contributed by atoms with Crippen molar-refractivity contribution >= 4 is 23.7 Å². The van der Waals surface area contributed by atoms with Crippen molar-refractivity contribution in [2.45, 2.75) is 40.5 Å². The van der Waals surface area contributed by atoms with Gasteiger partial charge >= 0.3 is 5.97 Å². The Labute approximate surface area is 177 Å². The fraction of sp³-hybridized carbons (Fsp3) is 0.565. The molecule has 7 heteroatoms. The van der Waals surface area contributed by atoms with Gasteiger partial charge in [0.05, 0.1) is 16.7 Å². The highest BCUT2D eigenvalue weighted by molar-refractivity contribution is 6.22. The van der Waals surface area contributed by atoms with E-state index in [0.717, 1.165) is 12.8 Å². The summed E-state index contributed by atoms with van der Waals surface area (Å²) >= 11 is 0. The van der Waals surface area contributed by atoms with Crippen LogP contribution in [0.2, 0.25) is 0 Å². The summed E-state index contributed by atoms with van der Waals surface area (Å²) in [5.41, 5.74) is 0.671. The van der Waals surface area contributed by atoms with Gasteiger partial charge in [-0.1, -0.05) is 27.7 Å². The quantitative estimate of drug-likeness (QED) is 0.528. The molecule has 3 rings (SSSR count). The minimum atomic E-state index is -0.676. The van der Waals surface area contributed by atoms with Crippen molar-refractivity contribution in [2.75, 3.05) is 26.2 Å². The van der Waals surface area contributed by atoms with E-state index >= 15 is 0 Å². The summed E-state index contributed by atoms with van der Waals surface area (Å²) in [6.07, 6.45) is 1.80. The van der Waals surface area contributed by atoms with Gasteiger partial charge in [-0.25, -0.2) is 4.79 Å². The van der Waals surface area contributed by atoms with Crippen LogP contribution in [0.1, 0.15) is 71.6 Å². The molecule has 0 aliphatic carbocycles. The Balaban J connectivity index is 1.63. The van der Waals surface area contributed by atoms with Gasteiger partial charge in [-0.2, -0.15) is 0 Å². The number of amides is 3. The number of benzene rings is 1. The van der Waals surface area contributed by atoms with Crippen LogP contribution in [0.5, 0.6) is 0 Å². The van der Waals surface area contributed by atoms with E-state index in [4.69, 9.17) is 4.74 Å². The maximum absolute atomic E-state index is 12.6. The van der Waals surface area contributed by atoms with Crippen molar-refractivity contribution in [3.05, 3.63) is 34.9 Å². The van der Waals surface area contributed by atoms with Gasteiger partial charge in [0, 0.05) is 19.6 Å². The summed E-state index contributed by atoms with van der Waals surface area (Å²) in [6.45, 7) is 9.63. The lowest BCUT2D eigenvalue weighted by molar-refractivity contribution is -0.137. The number of carbonyl (C=O) groups excluding carboxylic acids is 4. The van der Waals surface area contributed by atoms with E-state index in [1.165, 1.54) is 23.1 Å². The summed E-state index contributed by atoms with van der Waals surface area (Å²) < 4.78 is 5.20. The number of piperidine rings is 1. The van der Waals surface area contributed by atoms with Gasteiger partial charge in [0.2, 0.25) is 0 Å². The molecule has 30 heavy (non-hydrogen) atoms. The van der Waals surface area contributed by atoms with Gasteiger partial charge in [-0.05, 0) is 48.8 Å². The smallest absolute Gasteiger partial charge is 0.338 e. The van der Waals surface area contributed by atoms with E-state index in [0.29, 0.717) is 43.0 Å². The Morgan fingerprint density at radius 2 is 1.70 bits per heavy atom. The van der Waals surface area contributed by atoms with Crippen LogP contribution in [-0.2, 0) is 9.53 Å². The van der Waals surface area contributed by atoms with Gasteiger partial charge < -0.3 is 9.64 Å². The number of hydrogen-bond acceptors (Lipinski definition) is 5. The molecule has 3 amide bonds. The fourth-order valence-corrected chi connectivity index (χ4v) is 4.18. The molecule has 0 aromatic heterocycles. The second-order valence-electron chi connectivity index (χ2n) is 9.03. The molecule has 1 fully saturated rings. The van der Waals surface area contributed by atoms with E-state index < -0.39 is 11.9 Å². The number of fused-ring (bicyclic) bond motifs is 1. The minimum Gasteiger partial charge on any atom is -0.452 e. The van der Waals surface area contributed by atoms with Gasteiger partial charge in [0.15, 0.2) is 6.61 Å². The van der Waals surface area contributed by atoms with Gasteiger partial charge in [-0.15, -0.1) is 0 Å². The summed E-state index contributed by atoms with van der Waals surface area (Å²) in [5, 5.41) is 0. The second-order valence-corrected chi connectivity index (χ2v) is 9.03. The monoisotopic (exact) mass is 414 g/mol. The van der Waals surface area contributed by atoms with Gasteiger partial charge in [-0.3, -0.25) is 19.3 Å². The molecule has 0 unspecified atom stereocenters. The summed E-state index contributed by atoms with van der Waals surface area (Å²) in [4.78, 5) is 52.9. The molecule has 0 N–H and O–H groups in total. The highest BCUT2D eigenvalue weighted by Gasteiger charge is 2.36. The lowest BCUT2D eigenvalue weighted by Gasteiger charge is -2.34. The first kappa shape index (κ1) is 22.0. The average Bonchev–Trinajstić information content (AvgIpc) is 2.93. The number of esters is 1. The van der Waals surface area contributed by atoms with Crippen LogP contribution in [0, 0.1) is 17.8 Å². The van der Waals surface area contributed by atoms with Crippen molar-refractivity contribution in [1.29, 1.82) is 0 Å². The topological polar surface area (TPSA) is 84.0 Å². The normalized spacial score (nSPS) is 21.2. The Kier molecular flexibility index (Phi) is 6.58. The van der Waals surface area contributed by atoms with Crippen molar-refractivity contribution in [2.24, 2.45) is 17.8 Å². The van der Waals surface area contributed by atoms with Crippen LogP contribution in [0.15, 0.2) is 18.2 Å². The third-order valence-corrected chi connectivity index (χ3v) is 5.68. The Bertz CT molecular complexity index is 853. The molecular formula is C23H30N2O5. The van der Waals surface area contributed by atoms with E-state index in [-0.39, 0.29) is 29.5 Å². The lowest BCUT2D eigenvalue weighted by atomic mass is 9.92. The number of nitrogens with zero attached hydrogens (tertiary/aromatic N) is 2. The molecule has 0 spiro atoms. The molecule has 2 heterocycles. The first-order valence-corrected chi connectivity index (χ1v) is 10.6. The van der Waals surface area contributed by atoms with Crippen LogP contribution < -0.4 is 0 Å². The second kappa shape index (κ2) is 8.98. The highest BCUT2D eigenvalue weighted by atomic mass is 16.5. The highest BCUT2D eigenvalue weighted by Crippen LogP contribution is 2.25. The minimum absolute atomic E-state index is 0.161. The zero-order chi connectivity index (χ0) is 22.0. The molecule has 2 atom stereocenters. The molecule has 7 nitrogen and oxygen atoms in total. The van der Waals surface area contributed by atoms with E-state index in [9.17, 15) is 19.2 Å². The Hall–Kier alpha value is -2.70. The maximum Gasteiger partial charge on any atom is 0.338 e. The number of hydrogen-bond donors (Lipinski definition) is 0. The fourth-order valence-electron chi connectivity index (χ4n) is 4.18. The number of imide groups is 1. The van der Waals surface area contributed by atoms with E-state index in [1.807, 2.05) is 13.8 Å². The molecule has 162 valence electrons. The predicted molar refractivity (Wildman–Crippen MR) is 111 cm³/mol. The number of rotatable bonds is 6. The Morgan fingerprint density at radius 3 is 2.33 bits per heavy atom. The standard InChI is InChI=1S/C23H30N2O5/c1-14(2)7-8-25-21(27)18-6-5-17(10-19(18)22(25)28)23(29)30-13-20(26)24-11-15(3)9-16(4)12-24/h5-6,10,14-16H,7-9,11-13H2,1-4H3/t15-,16+. The molecular weight excluding hydrogens is 384 g/mol. The van der Waals surface area contributed by atoms with E-state index in [1.54, 1.807) is 4.90 Å². The average molecular weight is 415 g/mol. The zero-order valence-electron chi connectivity index (χ0n) is 18.1. The number of ether oxygens (including phenoxy) is 1. The molecule has 2 aliphatic heterocycles. The largest absolute Gasteiger partial charge is 0.452 e. The summed E-state index contributed by atoms with van der Waals surface area (Å²) in [7, 11) is 0. The molecule has 2 aliphatic rings. The zero-order valence-corrected chi connectivity index (χ0v) is 18.1. The molecule has 0 saturated carbocycles. The van der Waals surface area contributed by atoms with Crippen molar-refractivity contribution < 1.29 is 23.9 Å². The van der Waals surface area contributed by atoms with Crippen molar-refractivity contribution in [1.82, 2.24) is 9.80 Å².